The molecule has 0 fully saturated rings. The highest BCUT2D eigenvalue weighted by Crippen LogP contribution is 2.28. The molecule has 0 atom stereocenters. The molecule has 0 saturated heterocycles. The average Bonchev–Trinajstić information content (AvgIpc) is 2.59. The fourth-order valence-corrected chi connectivity index (χ4v) is 2.71. The lowest BCUT2D eigenvalue weighted by Crippen LogP contribution is -2.24. The van der Waals surface area contributed by atoms with Crippen molar-refractivity contribution in [2.75, 3.05) is 32.8 Å². The Morgan fingerprint density at radius 2 is 1.33 bits per heavy atom. The topological polar surface area (TPSA) is 53.0 Å². The summed E-state index contributed by atoms with van der Waals surface area (Å²) in [6, 6.07) is 3.52. The molecule has 0 aromatic heterocycles. The molecule has 0 aliphatic carbocycles. The number of carbonyl (C=O) groups excluding carboxylic acids is 1. The van der Waals surface area contributed by atoms with Crippen LogP contribution >= 0.6 is 0 Å². The minimum absolute atomic E-state index is 0.293. The molecule has 24 heavy (non-hydrogen) atoms. The quantitative estimate of drug-likeness (QED) is 0.665. The molecular weight excluding hydrogens is 304 g/mol. The van der Waals surface area contributed by atoms with Crippen molar-refractivity contribution < 1.29 is 14.6 Å². The van der Waals surface area contributed by atoms with E-state index in [1.165, 1.54) is 0 Å². The third-order valence-electron chi connectivity index (χ3n) is 4.36. The predicted octanol–water partition coefficient (Wildman–Crippen LogP) is 3.25. The smallest absolute Gasteiger partial charge is 0.338 e. The van der Waals surface area contributed by atoms with Gasteiger partial charge in [0.1, 0.15) is 5.75 Å². The molecule has 0 radical (unpaired) electrons. The average molecular weight is 336 g/mol. The monoisotopic (exact) mass is 336 g/mol. The number of aromatic hydroxyl groups is 1. The van der Waals surface area contributed by atoms with Crippen molar-refractivity contribution in [1.82, 2.24) is 9.80 Å². The van der Waals surface area contributed by atoms with Crippen LogP contribution in [0, 0.1) is 0 Å². The lowest BCUT2D eigenvalue weighted by atomic mass is 10.0. The van der Waals surface area contributed by atoms with Crippen molar-refractivity contribution in [3.05, 3.63) is 28.8 Å². The maximum absolute atomic E-state index is 12.2. The van der Waals surface area contributed by atoms with E-state index in [0.717, 1.165) is 37.3 Å². The van der Waals surface area contributed by atoms with Crippen LogP contribution in [0.3, 0.4) is 0 Å². The maximum Gasteiger partial charge on any atom is 0.338 e. The Balaban J connectivity index is 3.24. The van der Waals surface area contributed by atoms with Crippen LogP contribution in [0.4, 0.5) is 0 Å². The Bertz CT molecular complexity index is 488. The summed E-state index contributed by atoms with van der Waals surface area (Å²) in [5.74, 6) is -0.0408. The number of nitrogens with zero attached hydrogens (tertiary/aromatic N) is 2. The Morgan fingerprint density at radius 3 is 1.67 bits per heavy atom. The second-order valence-electron chi connectivity index (χ2n) is 5.79. The number of rotatable bonds is 10. The molecule has 0 heterocycles. The number of carbonyl (C=O) groups is 1. The van der Waals surface area contributed by atoms with Crippen LogP contribution in [0.15, 0.2) is 12.1 Å². The first-order valence-corrected chi connectivity index (χ1v) is 8.97. The summed E-state index contributed by atoms with van der Waals surface area (Å²) in [6.07, 6.45) is 0. The Labute approximate surface area is 146 Å². The van der Waals surface area contributed by atoms with Gasteiger partial charge < -0.3 is 9.84 Å². The van der Waals surface area contributed by atoms with Crippen LogP contribution in [0.2, 0.25) is 0 Å². The van der Waals surface area contributed by atoms with Crippen molar-refractivity contribution in [3.63, 3.8) is 0 Å². The van der Waals surface area contributed by atoms with Crippen molar-refractivity contribution in [2.24, 2.45) is 0 Å². The van der Waals surface area contributed by atoms with E-state index in [1.54, 1.807) is 19.1 Å². The van der Waals surface area contributed by atoms with E-state index < -0.39 is 0 Å². The molecule has 0 amide bonds. The lowest BCUT2D eigenvalue weighted by Gasteiger charge is -2.23. The number of phenols is 1. The van der Waals surface area contributed by atoms with Gasteiger partial charge >= 0.3 is 5.97 Å². The van der Waals surface area contributed by atoms with Gasteiger partial charge in [-0.1, -0.05) is 27.7 Å². The zero-order valence-corrected chi connectivity index (χ0v) is 15.8. The molecule has 0 saturated carbocycles. The summed E-state index contributed by atoms with van der Waals surface area (Å²) in [4.78, 5) is 16.6. The molecule has 0 bridgehead atoms. The summed E-state index contributed by atoms with van der Waals surface area (Å²) >= 11 is 0. The molecule has 1 N–H and O–H groups in total. The summed E-state index contributed by atoms with van der Waals surface area (Å²) in [5.41, 5.74) is 2.08. The highest BCUT2D eigenvalue weighted by molar-refractivity contribution is 5.90. The number of ether oxygens (including phenoxy) is 1. The van der Waals surface area contributed by atoms with Crippen molar-refractivity contribution >= 4 is 5.97 Å². The molecule has 0 aliphatic heterocycles. The van der Waals surface area contributed by atoms with E-state index in [1.807, 2.05) is 0 Å². The molecule has 1 rings (SSSR count). The van der Waals surface area contributed by atoms with E-state index in [0.29, 0.717) is 31.0 Å². The first-order valence-electron chi connectivity index (χ1n) is 8.97. The molecule has 1 aromatic rings. The highest BCUT2D eigenvalue weighted by Gasteiger charge is 2.17. The predicted molar refractivity (Wildman–Crippen MR) is 97.3 cm³/mol. The zero-order chi connectivity index (χ0) is 18.1. The normalized spacial score (nSPS) is 11.3. The van der Waals surface area contributed by atoms with E-state index in [2.05, 4.69) is 37.5 Å². The van der Waals surface area contributed by atoms with Gasteiger partial charge in [0.15, 0.2) is 0 Å². The van der Waals surface area contributed by atoms with Crippen LogP contribution in [-0.2, 0) is 17.8 Å². The van der Waals surface area contributed by atoms with E-state index >= 15 is 0 Å². The van der Waals surface area contributed by atoms with Gasteiger partial charge in [0, 0.05) is 24.2 Å². The van der Waals surface area contributed by atoms with Crippen LogP contribution < -0.4 is 0 Å². The third kappa shape index (κ3) is 5.49. The highest BCUT2D eigenvalue weighted by atomic mass is 16.5. The zero-order valence-electron chi connectivity index (χ0n) is 15.8. The summed E-state index contributed by atoms with van der Waals surface area (Å²) in [7, 11) is 0. The van der Waals surface area contributed by atoms with Crippen LogP contribution in [0.5, 0.6) is 5.75 Å². The lowest BCUT2D eigenvalue weighted by molar-refractivity contribution is 0.0526. The number of benzene rings is 1. The fraction of sp³-hybridized carbons (Fsp3) is 0.632. The van der Waals surface area contributed by atoms with Gasteiger partial charge in [-0.2, -0.15) is 0 Å². The van der Waals surface area contributed by atoms with Crippen LogP contribution in [0.1, 0.15) is 56.1 Å². The summed E-state index contributed by atoms with van der Waals surface area (Å²) in [5, 5.41) is 10.7. The second-order valence-corrected chi connectivity index (χ2v) is 5.79. The van der Waals surface area contributed by atoms with Gasteiger partial charge in [-0.25, -0.2) is 4.79 Å². The summed E-state index contributed by atoms with van der Waals surface area (Å²) < 4.78 is 5.15. The number of hydrogen-bond donors (Lipinski definition) is 1. The van der Waals surface area contributed by atoms with Crippen molar-refractivity contribution in [2.45, 2.75) is 47.7 Å². The minimum atomic E-state index is -0.334. The van der Waals surface area contributed by atoms with Gasteiger partial charge in [0.05, 0.1) is 12.2 Å². The maximum atomic E-state index is 12.2. The van der Waals surface area contributed by atoms with Crippen molar-refractivity contribution in [3.8, 4) is 5.75 Å². The molecule has 0 spiro atoms. The first kappa shape index (κ1) is 20.5. The Hall–Kier alpha value is -1.59. The number of hydrogen-bond acceptors (Lipinski definition) is 5. The molecular formula is C19H32N2O3. The van der Waals surface area contributed by atoms with Gasteiger partial charge in [0.25, 0.3) is 0 Å². The second kappa shape index (κ2) is 10.3. The van der Waals surface area contributed by atoms with Gasteiger partial charge in [-0.05, 0) is 45.2 Å². The standard InChI is InChI=1S/C19H32N2O3/c1-6-20(7-2)13-16-11-15(19(23)24-10-5)12-17(18(16)22)14-21(8-3)9-4/h11-12,22H,6-10,13-14H2,1-5H3. The fourth-order valence-electron chi connectivity index (χ4n) is 2.71. The SMILES string of the molecule is CCOC(=O)c1cc(CN(CC)CC)c(O)c(CN(CC)CC)c1. The van der Waals surface area contributed by atoms with Gasteiger partial charge in [0.2, 0.25) is 0 Å². The molecule has 136 valence electrons. The van der Waals surface area contributed by atoms with E-state index in [-0.39, 0.29) is 5.97 Å². The molecule has 5 heteroatoms. The molecule has 0 aliphatic rings. The first-order chi connectivity index (χ1) is 11.5. The largest absolute Gasteiger partial charge is 0.507 e. The van der Waals surface area contributed by atoms with Gasteiger partial charge in [-0.3, -0.25) is 9.80 Å². The molecule has 5 nitrogen and oxygen atoms in total. The van der Waals surface area contributed by atoms with Gasteiger partial charge in [-0.15, -0.1) is 0 Å². The van der Waals surface area contributed by atoms with E-state index in [9.17, 15) is 9.90 Å². The summed E-state index contributed by atoms with van der Waals surface area (Å²) in [6.45, 7) is 15.3. The molecule has 1 aromatic carbocycles. The third-order valence-corrected chi connectivity index (χ3v) is 4.36. The number of esters is 1. The number of phenolic OH excluding ortho intramolecular Hbond substituents is 1. The van der Waals surface area contributed by atoms with E-state index in [4.69, 9.17) is 4.74 Å². The van der Waals surface area contributed by atoms with Crippen molar-refractivity contribution in [1.29, 1.82) is 0 Å². The Kier molecular flexibility index (Phi) is 8.79. The van der Waals surface area contributed by atoms with Crippen LogP contribution in [-0.4, -0.2) is 53.7 Å². The minimum Gasteiger partial charge on any atom is -0.507 e. The molecule has 0 unspecified atom stereocenters. The van der Waals surface area contributed by atoms with Crippen LogP contribution in [0.25, 0.3) is 0 Å². The Morgan fingerprint density at radius 1 is 0.917 bits per heavy atom.